The van der Waals surface area contributed by atoms with E-state index in [4.69, 9.17) is 32.9 Å². The van der Waals surface area contributed by atoms with Crippen molar-refractivity contribution in [3.8, 4) is 0 Å². The molecular formula is C26H25Cl2NO3. The summed E-state index contributed by atoms with van der Waals surface area (Å²) >= 11 is 12.5. The van der Waals surface area contributed by atoms with E-state index in [-0.39, 0.29) is 17.8 Å². The summed E-state index contributed by atoms with van der Waals surface area (Å²) in [7, 11) is 0. The maximum Gasteiger partial charge on any atom is 0.315 e. The summed E-state index contributed by atoms with van der Waals surface area (Å²) in [6, 6.07) is 14.8. The average Bonchev–Trinajstić information content (AvgIpc) is 2.73. The monoisotopic (exact) mass is 469 g/mol. The molecule has 2 aromatic carbocycles. The molecule has 166 valence electrons. The summed E-state index contributed by atoms with van der Waals surface area (Å²) in [5.41, 5.74) is 3.47. The van der Waals surface area contributed by atoms with E-state index in [1.807, 2.05) is 43.3 Å². The standard InChI is InChI=1S/C26H25Cl2NO3/c1-15-22(25(31)32-14-16-7-5-4-6-8-16)23(17-9-10-18(27)19(28)11-17)24-20(29-15)12-26(2,3)13-21(24)30/h4-11,22-23H,12-14H2,1-3H3/t22?,23-/m1/s1. The summed E-state index contributed by atoms with van der Waals surface area (Å²) in [4.78, 5) is 31.4. The SMILES string of the molecule is CC1=NC2=C(C(=O)CC(C)(C)C2)[C@H](c2ccc(Cl)c(Cl)c2)C1C(=O)OCc1ccccc1. The molecular weight excluding hydrogens is 445 g/mol. The Hall–Kier alpha value is -2.43. The average molecular weight is 470 g/mol. The minimum atomic E-state index is -0.708. The number of rotatable bonds is 4. The van der Waals surface area contributed by atoms with Gasteiger partial charge in [0.1, 0.15) is 12.5 Å². The van der Waals surface area contributed by atoms with Crippen molar-refractivity contribution in [2.24, 2.45) is 16.3 Å². The highest BCUT2D eigenvalue weighted by atomic mass is 35.5. The normalized spacial score (nSPS) is 22.3. The minimum Gasteiger partial charge on any atom is -0.460 e. The maximum absolute atomic E-state index is 13.3. The Bertz CT molecular complexity index is 1140. The van der Waals surface area contributed by atoms with Crippen LogP contribution in [-0.2, 0) is 20.9 Å². The number of carbonyl (C=O) groups is 2. The molecule has 4 nitrogen and oxygen atoms in total. The van der Waals surface area contributed by atoms with Crippen LogP contribution >= 0.6 is 23.2 Å². The molecule has 0 radical (unpaired) electrons. The lowest BCUT2D eigenvalue weighted by molar-refractivity contribution is -0.148. The van der Waals surface area contributed by atoms with E-state index in [2.05, 4.69) is 13.8 Å². The van der Waals surface area contributed by atoms with E-state index >= 15 is 0 Å². The van der Waals surface area contributed by atoms with E-state index in [9.17, 15) is 9.59 Å². The molecule has 6 heteroatoms. The molecule has 0 N–H and O–H groups in total. The molecule has 0 saturated carbocycles. The van der Waals surface area contributed by atoms with E-state index in [0.717, 1.165) is 16.8 Å². The van der Waals surface area contributed by atoms with Crippen LogP contribution in [0.3, 0.4) is 0 Å². The summed E-state index contributed by atoms with van der Waals surface area (Å²) < 4.78 is 5.69. The Labute approximate surface area is 198 Å². The van der Waals surface area contributed by atoms with Gasteiger partial charge in [-0.05, 0) is 42.0 Å². The van der Waals surface area contributed by atoms with Gasteiger partial charge in [-0.15, -0.1) is 0 Å². The number of carbonyl (C=O) groups excluding carboxylic acids is 2. The number of halogens is 2. The number of allylic oxidation sites excluding steroid dienone is 2. The third-order valence-electron chi connectivity index (χ3n) is 6.08. The molecule has 1 aliphatic carbocycles. The Morgan fingerprint density at radius 3 is 2.50 bits per heavy atom. The smallest absolute Gasteiger partial charge is 0.315 e. The van der Waals surface area contributed by atoms with Gasteiger partial charge in [-0.3, -0.25) is 14.6 Å². The quantitative estimate of drug-likeness (QED) is 0.476. The van der Waals surface area contributed by atoms with E-state index in [1.165, 1.54) is 0 Å². The van der Waals surface area contributed by atoms with Gasteiger partial charge in [0.25, 0.3) is 0 Å². The van der Waals surface area contributed by atoms with Gasteiger partial charge < -0.3 is 4.74 Å². The van der Waals surface area contributed by atoms with Gasteiger partial charge in [-0.25, -0.2) is 0 Å². The van der Waals surface area contributed by atoms with Gasteiger partial charge in [0.15, 0.2) is 5.78 Å². The first kappa shape index (κ1) is 22.8. The molecule has 1 heterocycles. The molecule has 2 aliphatic rings. The molecule has 0 fully saturated rings. The first-order valence-electron chi connectivity index (χ1n) is 10.6. The lowest BCUT2D eigenvalue weighted by Crippen LogP contribution is -2.39. The van der Waals surface area contributed by atoms with Gasteiger partial charge >= 0.3 is 5.97 Å². The largest absolute Gasteiger partial charge is 0.460 e. The number of ketones is 1. The third kappa shape index (κ3) is 4.53. The molecule has 2 atom stereocenters. The number of nitrogens with zero attached hydrogens (tertiary/aromatic N) is 1. The summed E-state index contributed by atoms with van der Waals surface area (Å²) in [5.74, 6) is -1.61. The van der Waals surface area contributed by atoms with Crippen molar-refractivity contribution in [2.75, 3.05) is 0 Å². The van der Waals surface area contributed by atoms with Crippen molar-refractivity contribution in [3.63, 3.8) is 0 Å². The highest BCUT2D eigenvalue weighted by Crippen LogP contribution is 2.48. The minimum absolute atomic E-state index is 0.0180. The van der Waals surface area contributed by atoms with Crippen molar-refractivity contribution in [1.29, 1.82) is 0 Å². The number of aliphatic imine (C=N–C) groups is 1. The van der Waals surface area contributed by atoms with Gasteiger partial charge in [-0.1, -0.05) is 73.4 Å². The van der Waals surface area contributed by atoms with Crippen LogP contribution in [0.2, 0.25) is 10.0 Å². The predicted molar refractivity (Wildman–Crippen MR) is 127 cm³/mol. The van der Waals surface area contributed by atoms with Gasteiger partial charge in [0, 0.05) is 29.3 Å². The zero-order valence-corrected chi connectivity index (χ0v) is 19.8. The Balaban J connectivity index is 1.75. The molecule has 0 spiro atoms. The number of hydrogen-bond donors (Lipinski definition) is 0. The van der Waals surface area contributed by atoms with Crippen molar-refractivity contribution in [2.45, 2.75) is 46.1 Å². The topological polar surface area (TPSA) is 55.7 Å². The number of Topliss-reactive ketones (excluding diaryl/α,β-unsaturated/α-hetero) is 1. The second-order valence-corrected chi connectivity index (χ2v) is 10.1. The Morgan fingerprint density at radius 2 is 1.81 bits per heavy atom. The predicted octanol–water partition coefficient (Wildman–Crippen LogP) is 6.55. The van der Waals surface area contributed by atoms with E-state index in [0.29, 0.717) is 34.2 Å². The second-order valence-electron chi connectivity index (χ2n) is 9.28. The summed E-state index contributed by atoms with van der Waals surface area (Å²) in [6.45, 7) is 6.11. The maximum atomic E-state index is 13.3. The number of ether oxygens (including phenoxy) is 1. The number of esters is 1. The van der Waals surface area contributed by atoms with Crippen LogP contribution < -0.4 is 0 Å². The Kier molecular flexibility index (Phi) is 6.28. The number of benzene rings is 2. The van der Waals surface area contributed by atoms with Crippen LogP contribution in [0.4, 0.5) is 0 Å². The summed E-state index contributed by atoms with van der Waals surface area (Å²) in [5, 5.41) is 0.802. The van der Waals surface area contributed by atoms with Crippen LogP contribution in [0.15, 0.2) is 64.8 Å². The highest BCUT2D eigenvalue weighted by Gasteiger charge is 2.46. The fourth-order valence-electron chi connectivity index (χ4n) is 4.63. The Morgan fingerprint density at radius 1 is 1.09 bits per heavy atom. The zero-order chi connectivity index (χ0) is 23.0. The van der Waals surface area contributed by atoms with Gasteiger partial charge in [0.2, 0.25) is 0 Å². The molecule has 2 aromatic rings. The van der Waals surface area contributed by atoms with Crippen molar-refractivity contribution < 1.29 is 14.3 Å². The first-order valence-corrected chi connectivity index (χ1v) is 11.4. The van der Waals surface area contributed by atoms with Crippen molar-refractivity contribution in [1.82, 2.24) is 0 Å². The third-order valence-corrected chi connectivity index (χ3v) is 6.82. The summed E-state index contributed by atoms with van der Waals surface area (Å²) in [6.07, 6.45) is 1.08. The molecule has 0 amide bonds. The number of hydrogen-bond acceptors (Lipinski definition) is 4. The van der Waals surface area contributed by atoms with Crippen LogP contribution in [0, 0.1) is 11.3 Å². The zero-order valence-electron chi connectivity index (χ0n) is 18.3. The molecule has 4 rings (SSSR count). The van der Waals surface area contributed by atoms with Crippen molar-refractivity contribution in [3.05, 3.63) is 81.0 Å². The van der Waals surface area contributed by atoms with Gasteiger partial charge in [-0.2, -0.15) is 0 Å². The van der Waals surface area contributed by atoms with Crippen molar-refractivity contribution >= 4 is 40.7 Å². The molecule has 1 aliphatic heterocycles. The van der Waals surface area contributed by atoms with Crippen LogP contribution in [0.5, 0.6) is 0 Å². The van der Waals surface area contributed by atoms with E-state index < -0.39 is 17.8 Å². The fraction of sp³-hybridized carbons (Fsp3) is 0.346. The molecule has 0 aromatic heterocycles. The lowest BCUT2D eigenvalue weighted by Gasteiger charge is -2.39. The van der Waals surface area contributed by atoms with Crippen LogP contribution in [-0.4, -0.2) is 17.5 Å². The fourth-order valence-corrected chi connectivity index (χ4v) is 4.94. The molecule has 1 unspecified atom stereocenters. The molecule has 0 saturated heterocycles. The molecule has 0 bridgehead atoms. The highest BCUT2D eigenvalue weighted by molar-refractivity contribution is 6.42. The van der Waals surface area contributed by atoms with E-state index in [1.54, 1.807) is 12.1 Å². The second kappa shape index (κ2) is 8.84. The lowest BCUT2D eigenvalue weighted by atomic mass is 9.67. The molecule has 32 heavy (non-hydrogen) atoms. The van der Waals surface area contributed by atoms with Crippen LogP contribution in [0.25, 0.3) is 0 Å². The first-order chi connectivity index (χ1) is 15.2. The van der Waals surface area contributed by atoms with Crippen LogP contribution in [0.1, 0.15) is 50.7 Å². The van der Waals surface area contributed by atoms with Gasteiger partial charge in [0.05, 0.1) is 10.0 Å².